The zero-order valence-electron chi connectivity index (χ0n) is 15.1. The molecule has 0 unspecified atom stereocenters. The summed E-state index contributed by atoms with van der Waals surface area (Å²) < 4.78 is 4.80. The lowest BCUT2D eigenvalue weighted by Crippen LogP contribution is -2.03. The number of amides is 1. The molecule has 1 amide bonds. The van der Waals surface area contributed by atoms with E-state index in [9.17, 15) is 9.59 Å². The predicted octanol–water partition coefficient (Wildman–Crippen LogP) is 3.74. The van der Waals surface area contributed by atoms with E-state index in [1.165, 1.54) is 36.8 Å². The fraction of sp³-hybridized carbons (Fsp3) is 0.333. The van der Waals surface area contributed by atoms with Gasteiger partial charge >= 0.3 is 5.97 Å². The van der Waals surface area contributed by atoms with Crippen LogP contribution in [0, 0.1) is 0 Å². The molecular formula is C21H22N2O3. The smallest absolute Gasteiger partial charge is 0.337 e. The number of anilines is 1. The van der Waals surface area contributed by atoms with Crippen LogP contribution in [0.3, 0.4) is 0 Å². The fourth-order valence-electron chi connectivity index (χ4n) is 4.02. The van der Waals surface area contributed by atoms with Gasteiger partial charge in [0.25, 0.3) is 5.91 Å². The Labute approximate surface area is 152 Å². The second-order valence-electron chi connectivity index (χ2n) is 6.80. The molecule has 2 aromatic rings. The highest BCUT2D eigenvalue weighted by molar-refractivity contribution is 6.35. The highest BCUT2D eigenvalue weighted by Crippen LogP contribution is 2.36. The van der Waals surface area contributed by atoms with Crippen LogP contribution in [0.25, 0.3) is 11.6 Å². The maximum Gasteiger partial charge on any atom is 0.337 e. The molecule has 0 atom stereocenters. The molecule has 0 saturated heterocycles. The number of fused-ring (bicyclic) bond motifs is 2. The van der Waals surface area contributed by atoms with Crippen LogP contribution >= 0.6 is 0 Å². The average Bonchev–Trinajstić information content (AvgIpc) is 3.17. The molecule has 0 radical (unpaired) electrons. The number of aryl methyl sites for hydroxylation is 1. The Balaban J connectivity index is 1.81. The zero-order valence-corrected chi connectivity index (χ0v) is 15.1. The van der Waals surface area contributed by atoms with E-state index >= 15 is 0 Å². The topological polar surface area (TPSA) is 71.2 Å². The van der Waals surface area contributed by atoms with Gasteiger partial charge in [-0.05, 0) is 67.5 Å². The number of methoxy groups -OCH3 is 1. The number of hydrogen-bond acceptors (Lipinski definition) is 3. The summed E-state index contributed by atoms with van der Waals surface area (Å²) in [5.41, 5.74) is 7.54. The van der Waals surface area contributed by atoms with Gasteiger partial charge in [0.15, 0.2) is 0 Å². The number of carbonyl (C=O) groups is 2. The third-order valence-corrected chi connectivity index (χ3v) is 5.31. The Hall–Kier alpha value is -2.82. The molecule has 4 rings (SSSR count). The predicted molar refractivity (Wildman–Crippen MR) is 101 cm³/mol. The highest BCUT2D eigenvalue weighted by atomic mass is 16.5. The molecule has 0 bridgehead atoms. The molecule has 134 valence electrons. The molecule has 5 heteroatoms. The monoisotopic (exact) mass is 350 g/mol. The van der Waals surface area contributed by atoms with E-state index in [-0.39, 0.29) is 5.91 Å². The molecular weight excluding hydrogens is 328 g/mol. The molecule has 2 aliphatic rings. The molecule has 0 saturated carbocycles. The second-order valence-corrected chi connectivity index (χ2v) is 6.80. The Morgan fingerprint density at radius 3 is 2.85 bits per heavy atom. The van der Waals surface area contributed by atoms with Crippen molar-refractivity contribution in [3.63, 3.8) is 0 Å². The first-order valence-electron chi connectivity index (χ1n) is 9.10. The number of benzene rings is 1. The third kappa shape index (κ3) is 2.64. The number of aromatic amines is 1. The molecule has 0 spiro atoms. The van der Waals surface area contributed by atoms with Crippen molar-refractivity contribution in [3.05, 3.63) is 51.8 Å². The van der Waals surface area contributed by atoms with Crippen molar-refractivity contribution < 1.29 is 14.3 Å². The third-order valence-electron chi connectivity index (χ3n) is 5.31. The summed E-state index contributed by atoms with van der Waals surface area (Å²) >= 11 is 0. The Morgan fingerprint density at radius 2 is 2.08 bits per heavy atom. The molecule has 0 fully saturated rings. The minimum absolute atomic E-state index is 0.142. The van der Waals surface area contributed by atoms with E-state index in [2.05, 4.69) is 17.2 Å². The lowest BCUT2D eigenvalue weighted by atomic mass is 9.93. The quantitative estimate of drug-likeness (QED) is 0.654. The van der Waals surface area contributed by atoms with Crippen molar-refractivity contribution in [1.82, 2.24) is 4.98 Å². The van der Waals surface area contributed by atoms with Gasteiger partial charge in [-0.15, -0.1) is 0 Å². The number of aromatic nitrogens is 1. The molecule has 1 aliphatic carbocycles. The van der Waals surface area contributed by atoms with Crippen molar-refractivity contribution in [3.8, 4) is 0 Å². The number of carbonyl (C=O) groups excluding carboxylic acids is 2. The standard InChI is InChI=1S/C21H22N2O3/c1-3-13-14-6-4-5-7-17(14)22-19(13)11-16-15-10-12(21(25)26-2)8-9-18(15)23-20(16)24/h8-11,22H,3-7H2,1-2H3,(H,23,24). The Morgan fingerprint density at radius 1 is 1.27 bits per heavy atom. The SMILES string of the molecule is CCc1c(C=C2C(=O)Nc3ccc(C(=O)OC)cc32)[nH]c2c1CCCC2. The minimum atomic E-state index is -0.406. The van der Waals surface area contributed by atoms with Crippen molar-refractivity contribution in [2.24, 2.45) is 0 Å². The number of hydrogen-bond donors (Lipinski definition) is 2. The van der Waals surface area contributed by atoms with E-state index in [4.69, 9.17) is 4.74 Å². The first-order chi connectivity index (χ1) is 12.6. The van der Waals surface area contributed by atoms with E-state index in [1.54, 1.807) is 18.2 Å². The number of esters is 1. The Bertz CT molecular complexity index is 937. The van der Waals surface area contributed by atoms with Crippen molar-refractivity contribution in [2.45, 2.75) is 39.0 Å². The minimum Gasteiger partial charge on any atom is -0.465 e. The van der Waals surface area contributed by atoms with Crippen LogP contribution in [0.5, 0.6) is 0 Å². The van der Waals surface area contributed by atoms with Crippen molar-refractivity contribution in [1.29, 1.82) is 0 Å². The van der Waals surface area contributed by atoms with Crippen LogP contribution in [0.2, 0.25) is 0 Å². The molecule has 5 nitrogen and oxygen atoms in total. The van der Waals surface area contributed by atoms with Gasteiger partial charge in [0.2, 0.25) is 0 Å². The molecule has 2 N–H and O–H groups in total. The van der Waals surface area contributed by atoms with Gasteiger partial charge in [-0.1, -0.05) is 6.92 Å². The molecule has 1 aliphatic heterocycles. The van der Waals surface area contributed by atoms with Gasteiger partial charge in [-0.3, -0.25) is 4.79 Å². The summed E-state index contributed by atoms with van der Waals surface area (Å²) in [5, 5.41) is 2.88. The van der Waals surface area contributed by atoms with Gasteiger partial charge in [0.1, 0.15) is 0 Å². The summed E-state index contributed by atoms with van der Waals surface area (Å²) in [7, 11) is 1.35. The van der Waals surface area contributed by atoms with E-state index in [1.807, 2.05) is 6.08 Å². The summed E-state index contributed by atoms with van der Waals surface area (Å²) in [5.74, 6) is -0.548. The van der Waals surface area contributed by atoms with Gasteiger partial charge < -0.3 is 15.0 Å². The normalized spacial score (nSPS) is 17.0. The summed E-state index contributed by atoms with van der Waals surface area (Å²) in [6.07, 6.45) is 7.47. The van der Waals surface area contributed by atoms with E-state index in [0.29, 0.717) is 11.1 Å². The van der Waals surface area contributed by atoms with Crippen LogP contribution in [0.4, 0.5) is 5.69 Å². The largest absolute Gasteiger partial charge is 0.465 e. The van der Waals surface area contributed by atoms with E-state index < -0.39 is 5.97 Å². The summed E-state index contributed by atoms with van der Waals surface area (Å²) in [6, 6.07) is 5.14. The van der Waals surface area contributed by atoms with Gasteiger partial charge in [0.05, 0.1) is 18.2 Å². The maximum absolute atomic E-state index is 12.5. The van der Waals surface area contributed by atoms with Crippen molar-refractivity contribution >= 4 is 29.2 Å². The van der Waals surface area contributed by atoms with Crippen LogP contribution in [-0.2, 0) is 28.8 Å². The number of nitrogens with one attached hydrogen (secondary N) is 2. The van der Waals surface area contributed by atoms with Gasteiger partial charge in [-0.2, -0.15) is 0 Å². The lowest BCUT2D eigenvalue weighted by Gasteiger charge is -2.11. The van der Waals surface area contributed by atoms with Crippen molar-refractivity contribution in [2.75, 3.05) is 12.4 Å². The van der Waals surface area contributed by atoms with Crippen LogP contribution in [-0.4, -0.2) is 24.0 Å². The first kappa shape index (κ1) is 16.6. The van der Waals surface area contributed by atoms with Gasteiger partial charge in [0, 0.05) is 22.6 Å². The number of rotatable bonds is 3. The lowest BCUT2D eigenvalue weighted by molar-refractivity contribution is -0.110. The number of ether oxygens (including phenoxy) is 1. The van der Waals surface area contributed by atoms with Crippen LogP contribution < -0.4 is 5.32 Å². The van der Waals surface area contributed by atoms with Gasteiger partial charge in [-0.25, -0.2) is 4.79 Å². The average molecular weight is 350 g/mol. The zero-order chi connectivity index (χ0) is 18.3. The Kier molecular flexibility index (Phi) is 4.15. The second kappa shape index (κ2) is 6.48. The van der Waals surface area contributed by atoms with E-state index in [0.717, 1.165) is 36.2 Å². The summed E-state index contributed by atoms with van der Waals surface area (Å²) in [4.78, 5) is 27.9. The van der Waals surface area contributed by atoms with Crippen LogP contribution in [0.1, 0.15) is 58.2 Å². The maximum atomic E-state index is 12.5. The van der Waals surface area contributed by atoms with Crippen LogP contribution in [0.15, 0.2) is 18.2 Å². The fourth-order valence-corrected chi connectivity index (χ4v) is 4.02. The molecule has 2 heterocycles. The molecule has 1 aromatic carbocycles. The number of H-pyrrole nitrogens is 1. The first-order valence-corrected chi connectivity index (χ1v) is 9.10. The molecule has 26 heavy (non-hydrogen) atoms. The highest BCUT2D eigenvalue weighted by Gasteiger charge is 2.27. The summed E-state index contributed by atoms with van der Waals surface area (Å²) in [6.45, 7) is 2.15. The molecule has 1 aromatic heterocycles.